The fraction of sp³-hybridized carbons (Fsp3) is 0.545. The maximum Gasteiger partial charge on any atom is 0.254 e. The molecule has 82 valence electrons. The van der Waals surface area contributed by atoms with Crippen LogP contribution in [0, 0.1) is 0 Å². The molecular weight excluding hydrogens is 202 g/mol. The summed E-state index contributed by atoms with van der Waals surface area (Å²) in [5.74, 6) is 2.29. The van der Waals surface area contributed by atoms with E-state index in [9.17, 15) is 0 Å². The summed E-state index contributed by atoms with van der Waals surface area (Å²) in [6.07, 6.45) is 7.54. The van der Waals surface area contributed by atoms with Crippen LogP contribution in [0.5, 0.6) is 0 Å². The van der Waals surface area contributed by atoms with Gasteiger partial charge in [0.05, 0.1) is 0 Å². The van der Waals surface area contributed by atoms with Crippen molar-refractivity contribution in [2.75, 3.05) is 0 Å². The van der Waals surface area contributed by atoms with Gasteiger partial charge in [0, 0.05) is 30.4 Å². The summed E-state index contributed by atoms with van der Waals surface area (Å²) in [4.78, 5) is 4.20. The van der Waals surface area contributed by atoms with E-state index in [0.717, 1.165) is 5.82 Å². The van der Waals surface area contributed by atoms with E-state index in [1.54, 1.807) is 6.20 Å². The summed E-state index contributed by atoms with van der Waals surface area (Å²) in [7, 11) is 0. The van der Waals surface area contributed by atoms with Gasteiger partial charge in [0.25, 0.3) is 5.78 Å². The van der Waals surface area contributed by atoms with Crippen LogP contribution in [0.15, 0.2) is 18.5 Å². The van der Waals surface area contributed by atoms with E-state index in [2.05, 4.69) is 20.5 Å². The molecule has 4 rings (SSSR count). The fourth-order valence-corrected chi connectivity index (χ4v) is 3.12. The van der Waals surface area contributed by atoms with Gasteiger partial charge in [-0.2, -0.15) is 0 Å². The van der Waals surface area contributed by atoms with Crippen molar-refractivity contribution in [2.24, 2.45) is 0 Å². The second-order valence-corrected chi connectivity index (χ2v) is 4.74. The largest absolute Gasteiger partial charge is 0.310 e. The molecule has 1 N–H and O–H groups in total. The molecule has 2 fully saturated rings. The number of aromatic nitrogens is 4. The van der Waals surface area contributed by atoms with Gasteiger partial charge in [0.15, 0.2) is 0 Å². The molecular formula is C11H13N5. The van der Waals surface area contributed by atoms with Crippen molar-refractivity contribution in [1.29, 1.82) is 0 Å². The van der Waals surface area contributed by atoms with E-state index in [4.69, 9.17) is 0 Å². The average Bonchev–Trinajstić information content (AvgIpc) is 3.03. The van der Waals surface area contributed by atoms with Crippen LogP contribution in [-0.4, -0.2) is 31.7 Å². The maximum absolute atomic E-state index is 4.31. The molecule has 3 atom stereocenters. The molecule has 0 aromatic carbocycles. The first-order chi connectivity index (χ1) is 7.92. The predicted octanol–water partition coefficient (Wildman–Crippen LogP) is 0.732. The Hall–Kier alpha value is -1.49. The SMILES string of the molecule is c1cnc2nnc(C3CC4CCC3N4)n2c1. The van der Waals surface area contributed by atoms with Crippen LogP contribution in [0.1, 0.15) is 31.0 Å². The lowest BCUT2D eigenvalue weighted by molar-refractivity contribution is 0.483. The Morgan fingerprint density at radius 3 is 3.12 bits per heavy atom. The number of nitrogens with one attached hydrogen (secondary N) is 1. The lowest BCUT2D eigenvalue weighted by atomic mass is 9.88. The third kappa shape index (κ3) is 1.06. The van der Waals surface area contributed by atoms with Gasteiger partial charge < -0.3 is 5.32 Å². The van der Waals surface area contributed by atoms with Crippen LogP contribution in [0.3, 0.4) is 0 Å². The van der Waals surface area contributed by atoms with Crippen molar-refractivity contribution < 1.29 is 0 Å². The average molecular weight is 215 g/mol. The van der Waals surface area contributed by atoms with Crippen LogP contribution in [0.4, 0.5) is 0 Å². The van der Waals surface area contributed by atoms with Crippen LogP contribution in [-0.2, 0) is 0 Å². The van der Waals surface area contributed by atoms with Crippen molar-refractivity contribution in [3.05, 3.63) is 24.3 Å². The van der Waals surface area contributed by atoms with Gasteiger partial charge in [-0.3, -0.25) is 4.40 Å². The molecule has 2 saturated heterocycles. The smallest absolute Gasteiger partial charge is 0.254 e. The summed E-state index contributed by atoms with van der Waals surface area (Å²) >= 11 is 0. The van der Waals surface area contributed by atoms with Crippen LogP contribution >= 0.6 is 0 Å². The highest BCUT2D eigenvalue weighted by Gasteiger charge is 2.41. The van der Waals surface area contributed by atoms with E-state index in [1.165, 1.54) is 19.3 Å². The molecule has 16 heavy (non-hydrogen) atoms. The van der Waals surface area contributed by atoms with E-state index < -0.39 is 0 Å². The second-order valence-electron chi connectivity index (χ2n) is 4.74. The van der Waals surface area contributed by atoms with E-state index in [0.29, 0.717) is 23.8 Å². The third-order valence-electron chi connectivity index (χ3n) is 3.85. The van der Waals surface area contributed by atoms with E-state index in [-0.39, 0.29) is 0 Å². The van der Waals surface area contributed by atoms with E-state index in [1.807, 2.05) is 16.7 Å². The summed E-state index contributed by atoms with van der Waals surface area (Å²) in [5.41, 5.74) is 0. The molecule has 2 bridgehead atoms. The number of hydrogen-bond acceptors (Lipinski definition) is 4. The highest BCUT2D eigenvalue weighted by Crippen LogP contribution is 2.38. The normalized spacial score (nSPS) is 32.6. The van der Waals surface area contributed by atoms with Gasteiger partial charge in [-0.1, -0.05) is 0 Å². The monoisotopic (exact) mass is 215 g/mol. The van der Waals surface area contributed by atoms with Crippen molar-refractivity contribution >= 4 is 5.78 Å². The van der Waals surface area contributed by atoms with Gasteiger partial charge in [-0.15, -0.1) is 10.2 Å². The van der Waals surface area contributed by atoms with Gasteiger partial charge in [0.1, 0.15) is 5.82 Å². The van der Waals surface area contributed by atoms with Gasteiger partial charge in [0.2, 0.25) is 0 Å². The number of rotatable bonds is 1. The maximum atomic E-state index is 4.31. The molecule has 2 aliphatic heterocycles. The minimum atomic E-state index is 0.512. The second kappa shape index (κ2) is 3.01. The highest BCUT2D eigenvalue weighted by atomic mass is 15.3. The summed E-state index contributed by atoms with van der Waals surface area (Å²) in [6, 6.07) is 3.22. The topological polar surface area (TPSA) is 55.1 Å². The predicted molar refractivity (Wildman–Crippen MR) is 58.1 cm³/mol. The minimum Gasteiger partial charge on any atom is -0.310 e. The van der Waals surface area contributed by atoms with Crippen LogP contribution in [0.25, 0.3) is 5.78 Å². The van der Waals surface area contributed by atoms with Crippen molar-refractivity contribution in [3.63, 3.8) is 0 Å². The zero-order valence-electron chi connectivity index (χ0n) is 8.87. The molecule has 0 amide bonds. The van der Waals surface area contributed by atoms with Crippen LogP contribution in [0.2, 0.25) is 0 Å². The molecule has 2 aliphatic rings. The molecule has 0 saturated carbocycles. The first-order valence-corrected chi connectivity index (χ1v) is 5.83. The number of nitrogens with zero attached hydrogens (tertiary/aromatic N) is 4. The summed E-state index contributed by atoms with van der Waals surface area (Å²) in [6.45, 7) is 0. The Morgan fingerprint density at radius 2 is 2.31 bits per heavy atom. The Labute approximate surface area is 92.9 Å². The molecule has 5 heteroatoms. The summed E-state index contributed by atoms with van der Waals surface area (Å²) < 4.78 is 2.02. The van der Waals surface area contributed by atoms with Crippen molar-refractivity contribution in [2.45, 2.75) is 37.3 Å². The standard InChI is InChI=1S/C11H13N5/c1-4-12-11-15-14-10(16(11)5-1)8-6-7-2-3-9(8)13-7/h1,4-5,7-9,13H,2-3,6H2. The van der Waals surface area contributed by atoms with Crippen molar-refractivity contribution in [3.8, 4) is 0 Å². The van der Waals surface area contributed by atoms with Gasteiger partial charge in [-0.05, 0) is 25.3 Å². The lowest BCUT2D eigenvalue weighted by Crippen LogP contribution is -2.22. The van der Waals surface area contributed by atoms with Crippen LogP contribution < -0.4 is 5.32 Å². The molecule has 5 nitrogen and oxygen atoms in total. The zero-order chi connectivity index (χ0) is 10.5. The first-order valence-electron chi connectivity index (χ1n) is 5.83. The number of hydrogen-bond donors (Lipinski definition) is 1. The summed E-state index contributed by atoms with van der Waals surface area (Å²) in [5, 5.41) is 12.1. The fourth-order valence-electron chi connectivity index (χ4n) is 3.12. The molecule has 3 unspecified atom stereocenters. The molecule has 0 spiro atoms. The van der Waals surface area contributed by atoms with Gasteiger partial charge in [-0.25, -0.2) is 4.98 Å². The third-order valence-corrected chi connectivity index (χ3v) is 3.85. The Bertz CT molecular complexity index is 534. The zero-order valence-corrected chi connectivity index (χ0v) is 8.87. The van der Waals surface area contributed by atoms with Crippen molar-refractivity contribution in [1.82, 2.24) is 24.9 Å². The van der Waals surface area contributed by atoms with E-state index >= 15 is 0 Å². The molecule has 2 aromatic heterocycles. The molecule has 0 aliphatic carbocycles. The minimum absolute atomic E-state index is 0.512. The first kappa shape index (κ1) is 8.64. The quantitative estimate of drug-likeness (QED) is 0.762. The Kier molecular flexibility index (Phi) is 1.62. The Morgan fingerprint density at radius 1 is 1.31 bits per heavy atom. The Balaban J connectivity index is 1.82. The number of fused-ring (bicyclic) bond motifs is 3. The van der Waals surface area contributed by atoms with Gasteiger partial charge >= 0.3 is 0 Å². The molecule has 0 radical (unpaired) electrons. The molecule has 4 heterocycles. The lowest BCUT2D eigenvalue weighted by Gasteiger charge is -2.17. The molecule has 2 aromatic rings. The highest BCUT2D eigenvalue weighted by molar-refractivity contribution is 5.29.